The normalized spacial score (nSPS) is 23.8. The smallest absolute Gasteiger partial charge is 0.317 e. The summed E-state index contributed by atoms with van der Waals surface area (Å²) >= 11 is 0. The molecule has 6 heteroatoms. The van der Waals surface area contributed by atoms with Crippen molar-refractivity contribution in [2.45, 2.75) is 32.1 Å². The molecule has 2 rings (SSSR count). The highest BCUT2D eigenvalue weighted by molar-refractivity contribution is 5.76. The number of carboxylic acid groups (broad SMARTS) is 1. The Kier molecular flexibility index (Phi) is 5.64. The van der Waals surface area contributed by atoms with Crippen LogP contribution in [0.1, 0.15) is 32.1 Å². The van der Waals surface area contributed by atoms with Gasteiger partial charge < -0.3 is 20.2 Å². The van der Waals surface area contributed by atoms with Crippen LogP contribution < -0.4 is 5.32 Å². The third-order valence-corrected chi connectivity index (χ3v) is 4.18. The lowest BCUT2D eigenvalue weighted by Gasteiger charge is -2.30. The summed E-state index contributed by atoms with van der Waals surface area (Å²) in [5, 5.41) is 11.9. The highest BCUT2D eigenvalue weighted by Crippen LogP contribution is 2.16. The zero-order valence-electron chi connectivity index (χ0n) is 12.0. The minimum atomic E-state index is -0.795. The molecule has 2 heterocycles. The second kappa shape index (κ2) is 7.47. The minimum Gasteiger partial charge on any atom is -0.481 e. The number of rotatable bonds is 5. The number of nitrogens with zero attached hydrogens (tertiary/aromatic N) is 2. The fourth-order valence-corrected chi connectivity index (χ4v) is 2.98. The maximum Gasteiger partial charge on any atom is 0.317 e. The SMILES string of the molecule is O=C(O)[C@H]1CCCN(C(=O)NCCCN2CCCC2)C1. The first-order valence-electron chi connectivity index (χ1n) is 7.65. The van der Waals surface area contributed by atoms with Crippen LogP contribution in [0.15, 0.2) is 0 Å². The van der Waals surface area contributed by atoms with Gasteiger partial charge in [0.15, 0.2) is 0 Å². The molecule has 0 aliphatic carbocycles. The Hall–Kier alpha value is -1.30. The number of amides is 2. The summed E-state index contributed by atoms with van der Waals surface area (Å²) < 4.78 is 0. The van der Waals surface area contributed by atoms with Gasteiger partial charge in [-0.15, -0.1) is 0 Å². The van der Waals surface area contributed by atoms with Crippen LogP contribution in [0, 0.1) is 5.92 Å². The van der Waals surface area contributed by atoms with Crippen LogP contribution in [-0.4, -0.2) is 66.2 Å². The van der Waals surface area contributed by atoms with E-state index in [0.29, 0.717) is 26.1 Å². The van der Waals surface area contributed by atoms with Gasteiger partial charge in [0.2, 0.25) is 0 Å². The molecule has 2 amide bonds. The molecule has 1 atom stereocenters. The molecule has 0 aromatic heterocycles. The summed E-state index contributed by atoms with van der Waals surface area (Å²) in [6.45, 7) is 5.08. The fraction of sp³-hybridized carbons (Fsp3) is 0.857. The summed E-state index contributed by atoms with van der Waals surface area (Å²) in [5.41, 5.74) is 0. The van der Waals surface area contributed by atoms with Gasteiger partial charge in [-0.1, -0.05) is 0 Å². The van der Waals surface area contributed by atoms with Crippen molar-refractivity contribution >= 4 is 12.0 Å². The number of aliphatic carboxylic acids is 1. The molecular weight excluding hydrogens is 258 g/mol. The lowest BCUT2D eigenvalue weighted by molar-refractivity contribution is -0.143. The quantitative estimate of drug-likeness (QED) is 0.738. The number of hydrogen-bond donors (Lipinski definition) is 2. The Balaban J connectivity index is 1.62. The van der Waals surface area contributed by atoms with Crippen LogP contribution in [0.5, 0.6) is 0 Å². The van der Waals surface area contributed by atoms with Crippen LogP contribution >= 0.6 is 0 Å². The maximum atomic E-state index is 12.0. The van der Waals surface area contributed by atoms with Crippen molar-refractivity contribution in [2.75, 3.05) is 39.3 Å². The lowest BCUT2D eigenvalue weighted by Crippen LogP contribution is -2.47. The predicted octanol–water partition coefficient (Wildman–Crippen LogP) is 0.978. The Bertz CT molecular complexity index is 343. The molecule has 2 N–H and O–H groups in total. The molecule has 0 spiro atoms. The molecule has 20 heavy (non-hydrogen) atoms. The highest BCUT2D eigenvalue weighted by Gasteiger charge is 2.27. The summed E-state index contributed by atoms with van der Waals surface area (Å²) in [7, 11) is 0. The van der Waals surface area contributed by atoms with Crippen molar-refractivity contribution in [3.63, 3.8) is 0 Å². The second-order valence-electron chi connectivity index (χ2n) is 5.76. The highest BCUT2D eigenvalue weighted by atomic mass is 16.4. The maximum absolute atomic E-state index is 12.0. The first-order valence-corrected chi connectivity index (χ1v) is 7.65. The van der Waals surface area contributed by atoms with Crippen LogP contribution in [0.25, 0.3) is 0 Å². The van der Waals surface area contributed by atoms with E-state index in [1.807, 2.05) is 0 Å². The van der Waals surface area contributed by atoms with E-state index in [1.165, 1.54) is 25.9 Å². The van der Waals surface area contributed by atoms with E-state index in [2.05, 4.69) is 10.2 Å². The predicted molar refractivity (Wildman–Crippen MR) is 75.6 cm³/mol. The summed E-state index contributed by atoms with van der Waals surface area (Å²) in [6.07, 6.45) is 4.99. The number of piperidine rings is 1. The molecule has 0 unspecified atom stereocenters. The van der Waals surface area contributed by atoms with Gasteiger partial charge in [0, 0.05) is 19.6 Å². The lowest BCUT2D eigenvalue weighted by atomic mass is 9.99. The summed E-state index contributed by atoms with van der Waals surface area (Å²) in [6, 6.07) is -0.114. The van der Waals surface area contributed by atoms with E-state index in [0.717, 1.165) is 19.4 Å². The van der Waals surface area contributed by atoms with E-state index in [9.17, 15) is 9.59 Å². The zero-order chi connectivity index (χ0) is 14.4. The second-order valence-corrected chi connectivity index (χ2v) is 5.76. The average molecular weight is 283 g/mol. The number of hydrogen-bond acceptors (Lipinski definition) is 3. The van der Waals surface area contributed by atoms with Gasteiger partial charge in [0.25, 0.3) is 0 Å². The van der Waals surface area contributed by atoms with Crippen LogP contribution in [0.4, 0.5) is 4.79 Å². The number of carbonyl (C=O) groups excluding carboxylic acids is 1. The van der Waals surface area contributed by atoms with Crippen molar-refractivity contribution in [3.8, 4) is 0 Å². The molecule has 2 fully saturated rings. The molecule has 0 saturated carbocycles. The van der Waals surface area contributed by atoms with Gasteiger partial charge in [-0.05, 0) is 51.7 Å². The topological polar surface area (TPSA) is 72.9 Å². The fourth-order valence-electron chi connectivity index (χ4n) is 2.98. The third-order valence-electron chi connectivity index (χ3n) is 4.18. The number of likely N-dealkylation sites (tertiary alicyclic amines) is 2. The molecule has 0 bridgehead atoms. The van der Waals surface area contributed by atoms with Crippen molar-refractivity contribution in [2.24, 2.45) is 5.92 Å². The van der Waals surface area contributed by atoms with Gasteiger partial charge in [-0.3, -0.25) is 4.79 Å². The van der Waals surface area contributed by atoms with Crippen molar-refractivity contribution in [1.29, 1.82) is 0 Å². The van der Waals surface area contributed by atoms with Gasteiger partial charge in [-0.2, -0.15) is 0 Å². The molecule has 2 saturated heterocycles. The van der Waals surface area contributed by atoms with E-state index in [1.54, 1.807) is 4.90 Å². The van der Waals surface area contributed by atoms with Crippen molar-refractivity contribution in [1.82, 2.24) is 15.1 Å². The van der Waals surface area contributed by atoms with Crippen LogP contribution in [0.2, 0.25) is 0 Å². The molecule has 0 radical (unpaired) electrons. The third kappa shape index (κ3) is 4.37. The van der Waals surface area contributed by atoms with Gasteiger partial charge in [0.1, 0.15) is 0 Å². The summed E-state index contributed by atoms with van der Waals surface area (Å²) in [5.74, 6) is -1.20. The Labute approximate surface area is 120 Å². The van der Waals surface area contributed by atoms with E-state index in [4.69, 9.17) is 5.11 Å². The van der Waals surface area contributed by atoms with E-state index < -0.39 is 11.9 Å². The Morgan fingerprint density at radius 2 is 1.90 bits per heavy atom. The molecule has 114 valence electrons. The Morgan fingerprint density at radius 1 is 1.15 bits per heavy atom. The first kappa shape index (κ1) is 15.1. The van der Waals surface area contributed by atoms with Crippen molar-refractivity contribution < 1.29 is 14.7 Å². The molecule has 2 aliphatic rings. The van der Waals surface area contributed by atoms with Gasteiger partial charge in [0.05, 0.1) is 5.92 Å². The Morgan fingerprint density at radius 3 is 2.60 bits per heavy atom. The monoisotopic (exact) mass is 283 g/mol. The van der Waals surface area contributed by atoms with E-state index in [-0.39, 0.29) is 6.03 Å². The standard InChI is InChI=1S/C14H25N3O3/c18-13(19)12-5-3-10-17(11-12)14(20)15-6-4-9-16-7-1-2-8-16/h12H,1-11H2,(H,15,20)(H,18,19)/t12-/m0/s1. The number of urea groups is 1. The largest absolute Gasteiger partial charge is 0.481 e. The molecule has 0 aromatic carbocycles. The summed E-state index contributed by atoms with van der Waals surface area (Å²) in [4.78, 5) is 27.0. The van der Waals surface area contributed by atoms with Crippen LogP contribution in [0.3, 0.4) is 0 Å². The average Bonchev–Trinajstić information content (AvgIpc) is 2.96. The number of nitrogens with one attached hydrogen (secondary N) is 1. The zero-order valence-corrected chi connectivity index (χ0v) is 12.0. The number of carbonyl (C=O) groups is 2. The van der Waals surface area contributed by atoms with Gasteiger partial charge >= 0.3 is 12.0 Å². The molecule has 6 nitrogen and oxygen atoms in total. The first-order chi connectivity index (χ1) is 9.66. The van der Waals surface area contributed by atoms with Crippen LogP contribution in [-0.2, 0) is 4.79 Å². The van der Waals surface area contributed by atoms with E-state index >= 15 is 0 Å². The molecule has 0 aromatic rings. The molecular formula is C14H25N3O3. The molecule has 2 aliphatic heterocycles. The number of carboxylic acids is 1. The van der Waals surface area contributed by atoms with Gasteiger partial charge in [-0.25, -0.2) is 4.79 Å². The van der Waals surface area contributed by atoms with Crippen molar-refractivity contribution in [3.05, 3.63) is 0 Å². The minimum absolute atomic E-state index is 0.114.